The van der Waals surface area contributed by atoms with Gasteiger partial charge in [-0.1, -0.05) is 12.1 Å². The van der Waals surface area contributed by atoms with Crippen LogP contribution in [0.5, 0.6) is 0 Å². The van der Waals surface area contributed by atoms with Gasteiger partial charge in [0.25, 0.3) is 0 Å². The molecule has 1 aromatic carbocycles. The van der Waals surface area contributed by atoms with Crippen LogP contribution in [0.25, 0.3) is 0 Å². The van der Waals surface area contributed by atoms with E-state index >= 15 is 0 Å². The van der Waals surface area contributed by atoms with E-state index in [2.05, 4.69) is 5.32 Å². The van der Waals surface area contributed by atoms with Gasteiger partial charge in [-0.3, -0.25) is 4.79 Å². The van der Waals surface area contributed by atoms with Gasteiger partial charge in [-0.05, 0) is 31.2 Å². The molecular weight excluding hydrogens is 222 g/mol. The van der Waals surface area contributed by atoms with Crippen molar-refractivity contribution in [2.24, 2.45) is 0 Å². The molecule has 0 saturated carbocycles. The van der Waals surface area contributed by atoms with E-state index in [0.29, 0.717) is 12.8 Å². The van der Waals surface area contributed by atoms with Gasteiger partial charge >= 0.3 is 0 Å². The fourth-order valence-electron chi connectivity index (χ4n) is 1.36. The number of carbonyl (C=O) groups is 1. The van der Waals surface area contributed by atoms with Gasteiger partial charge in [0.05, 0.1) is 5.69 Å². The van der Waals surface area contributed by atoms with Crippen molar-refractivity contribution >= 4 is 23.4 Å². The number of para-hydroxylation sites is 1. The molecule has 0 aliphatic heterocycles. The van der Waals surface area contributed by atoms with Crippen LogP contribution >= 0.6 is 11.8 Å². The van der Waals surface area contributed by atoms with Gasteiger partial charge in [0.15, 0.2) is 0 Å². The van der Waals surface area contributed by atoms with Gasteiger partial charge in [-0.15, -0.1) is 11.8 Å². The zero-order chi connectivity index (χ0) is 11.8. The van der Waals surface area contributed by atoms with Crippen LogP contribution in [0.2, 0.25) is 0 Å². The minimum Gasteiger partial charge on any atom is -0.396 e. The van der Waals surface area contributed by atoms with Gasteiger partial charge in [0.1, 0.15) is 0 Å². The Bertz CT molecular complexity index is 342. The van der Waals surface area contributed by atoms with E-state index in [0.717, 1.165) is 17.0 Å². The molecule has 2 N–H and O–H groups in total. The number of carbonyl (C=O) groups excluding carboxylic acids is 1. The highest BCUT2D eigenvalue weighted by atomic mass is 32.2. The second-order valence-electron chi connectivity index (χ2n) is 3.43. The molecule has 0 aromatic heterocycles. The largest absolute Gasteiger partial charge is 0.396 e. The predicted octanol–water partition coefficient (Wildman–Crippen LogP) is 2.51. The summed E-state index contributed by atoms with van der Waals surface area (Å²) in [7, 11) is 0. The van der Waals surface area contributed by atoms with E-state index < -0.39 is 0 Å². The van der Waals surface area contributed by atoms with Crippen molar-refractivity contribution in [3.05, 3.63) is 24.3 Å². The number of aliphatic hydroxyl groups excluding tert-OH is 1. The maximum Gasteiger partial charge on any atom is 0.224 e. The molecule has 0 spiro atoms. The molecule has 0 fully saturated rings. The Hall–Kier alpha value is -1.00. The number of benzene rings is 1. The highest BCUT2D eigenvalue weighted by Gasteiger charge is 2.05. The summed E-state index contributed by atoms with van der Waals surface area (Å²) < 4.78 is 0. The number of anilines is 1. The normalized spacial score (nSPS) is 10.1. The lowest BCUT2D eigenvalue weighted by Crippen LogP contribution is -2.11. The van der Waals surface area contributed by atoms with E-state index in [9.17, 15) is 4.79 Å². The van der Waals surface area contributed by atoms with Crippen molar-refractivity contribution in [1.82, 2.24) is 0 Å². The topological polar surface area (TPSA) is 49.3 Å². The zero-order valence-corrected chi connectivity index (χ0v) is 10.2. The first-order chi connectivity index (χ1) is 7.77. The molecule has 16 heavy (non-hydrogen) atoms. The molecule has 0 aliphatic carbocycles. The SMILES string of the molecule is CSc1ccccc1NC(=O)CCCCO. The van der Waals surface area contributed by atoms with Gasteiger partial charge in [-0.2, -0.15) is 0 Å². The summed E-state index contributed by atoms with van der Waals surface area (Å²) >= 11 is 1.61. The number of hydrogen-bond donors (Lipinski definition) is 2. The third-order valence-corrected chi connectivity index (χ3v) is 2.99. The first-order valence-electron chi connectivity index (χ1n) is 5.31. The van der Waals surface area contributed by atoms with Crippen LogP contribution in [-0.4, -0.2) is 23.9 Å². The molecule has 0 bridgehead atoms. The molecule has 1 amide bonds. The van der Waals surface area contributed by atoms with E-state index in [1.807, 2.05) is 30.5 Å². The third kappa shape index (κ3) is 4.24. The Morgan fingerprint density at radius 1 is 1.38 bits per heavy atom. The Balaban J connectivity index is 2.49. The van der Waals surface area contributed by atoms with Crippen molar-refractivity contribution in [3.8, 4) is 0 Å². The van der Waals surface area contributed by atoms with E-state index in [4.69, 9.17) is 5.11 Å². The average Bonchev–Trinajstić information content (AvgIpc) is 2.30. The molecule has 0 aliphatic rings. The zero-order valence-electron chi connectivity index (χ0n) is 9.40. The Labute approximate surface area is 100 Å². The summed E-state index contributed by atoms with van der Waals surface area (Å²) in [4.78, 5) is 12.6. The Morgan fingerprint density at radius 2 is 2.12 bits per heavy atom. The fraction of sp³-hybridized carbons (Fsp3) is 0.417. The molecular formula is C12H17NO2S. The number of rotatable bonds is 6. The number of thioether (sulfide) groups is 1. The van der Waals surface area contributed by atoms with Crippen molar-refractivity contribution in [2.75, 3.05) is 18.2 Å². The molecule has 0 atom stereocenters. The summed E-state index contributed by atoms with van der Waals surface area (Å²) in [6.07, 6.45) is 3.85. The summed E-state index contributed by atoms with van der Waals surface area (Å²) in [5.74, 6) is 0.00921. The van der Waals surface area contributed by atoms with Crippen LogP contribution < -0.4 is 5.32 Å². The second-order valence-corrected chi connectivity index (χ2v) is 4.28. The molecule has 3 nitrogen and oxygen atoms in total. The molecule has 88 valence electrons. The summed E-state index contributed by atoms with van der Waals surface area (Å²) in [6.45, 7) is 0.147. The Kier molecular flexibility index (Phi) is 5.96. The van der Waals surface area contributed by atoms with E-state index in [1.54, 1.807) is 11.8 Å². The Morgan fingerprint density at radius 3 is 2.81 bits per heavy atom. The highest BCUT2D eigenvalue weighted by molar-refractivity contribution is 7.98. The number of aliphatic hydroxyl groups is 1. The standard InChI is InChI=1S/C12H17NO2S/c1-16-11-7-3-2-6-10(11)13-12(15)8-4-5-9-14/h2-3,6-7,14H,4-5,8-9H2,1H3,(H,13,15). The maximum atomic E-state index is 11.6. The van der Waals surface area contributed by atoms with Gasteiger partial charge in [-0.25, -0.2) is 0 Å². The molecule has 0 saturated heterocycles. The lowest BCUT2D eigenvalue weighted by Gasteiger charge is -2.08. The van der Waals surface area contributed by atoms with Crippen molar-refractivity contribution in [3.63, 3.8) is 0 Å². The van der Waals surface area contributed by atoms with Crippen LogP contribution in [0.3, 0.4) is 0 Å². The van der Waals surface area contributed by atoms with Crippen molar-refractivity contribution < 1.29 is 9.90 Å². The molecule has 0 heterocycles. The minimum atomic E-state index is 0.00921. The minimum absolute atomic E-state index is 0.00921. The first-order valence-corrected chi connectivity index (χ1v) is 6.54. The van der Waals surface area contributed by atoms with Crippen LogP contribution in [0.4, 0.5) is 5.69 Å². The number of nitrogens with one attached hydrogen (secondary N) is 1. The lowest BCUT2D eigenvalue weighted by molar-refractivity contribution is -0.116. The quantitative estimate of drug-likeness (QED) is 0.592. The maximum absolute atomic E-state index is 11.6. The van der Waals surface area contributed by atoms with Crippen LogP contribution in [0.1, 0.15) is 19.3 Å². The fourth-order valence-corrected chi connectivity index (χ4v) is 1.91. The lowest BCUT2D eigenvalue weighted by atomic mass is 10.2. The first kappa shape index (κ1) is 13.1. The summed E-state index contributed by atoms with van der Waals surface area (Å²) in [6, 6.07) is 7.74. The van der Waals surface area contributed by atoms with Gasteiger partial charge in [0.2, 0.25) is 5.91 Å². The van der Waals surface area contributed by atoms with Crippen LogP contribution in [-0.2, 0) is 4.79 Å². The smallest absolute Gasteiger partial charge is 0.224 e. The van der Waals surface area contributed by atoms with E-state index in [1.165, 1.54) is 0 Å². The van der Waals surface area contributed by atoms with Crippen LogP contribution in [0, 0.1) is 0 Å². The van der Waals surface area contributed by atoms with Crippen molar-refractivity contribution in [1.29, 1.82) is 0 Å². The van der Waals surface area contributed by atoms with Crippen molar-refractivity contribution in [2.45, 2.75) is 24.2 Å². The number of amides is 1. The molecule has 0 radical (unpaired) electrons. The van der Waals surface area contributed by atoms with Gasteiger partial charge < -0.3 is 10.4 Å². The molecule has 0 unspecified atom stereocenters. The summed E-state index contributed by atoms with van der Waals surface area (Å²) in [5.41, 5.74) is 0.865. The van der Waals surface area contributed by atoms with Crippen LogP contribution in [0.15, 0.2) is 29.2 Å². The highest BCUT2D eigenvalue weighted by Crippen LogP contribution is 2.24. The number of unbranched alkanes of at least 4 members (excludes halogenated alkanes) is 1. The second kappa shape index (κ2) is 7.30. The average molecular weight is 239 g/mol. The third-order valence-electron chi connectivity index (χ3n) is 2.19. The van der Waals surface area contributed by atoms with Gasteiger partial charge in [0, 0.05) is 17.9 Å². The monoisotopic (exact) mass is 239 g/mol. The molecule has 4 heteroatoms. The molecule has 1 aromatic rings. The number of hydrogen-bond acceptors (Lipinski definition) is 3. The van der Waals surface area contributed by atoms with E-state index in [-0.39, 0.29) is 12.5 Å². The summed E-state index contributed by atoms with van der Waals surface area (Å²) in [5, 5.41) is 11.5. The predicted molar refractivity (Wildman–Crippen MR) is 67.8 cm³/mol. The molecule has 1 rings (SSSR count).